The minimum Gasteiger partial charge on any atom is -0.497 e. The van der Waals surface area contributed by atoms with Crippen LogP contribution in [-0.4, -0.2) is 43.2 Å². The van der Waals surface area contributed by atoms with Crippen molar-refractivity contribution in [1.82, 2.24) is 10.6 Å². The van der Waals surface area contributed by atoms with Crippen LogP contribution in [0.1, 0.15) is 70.8 Å². The number of methoxy groups -OCH3 is 1. The normalized spacial score (nSPS) is 20.0. The maximum atomic E-state index is 13.0. The molecular weight excluding hydrogens is 372 g/mol. The van der Waals surface area contributed by atoms with Crippen LogP contribution < -0.4 is 15.4 Å². The fourth-order valence-corrected chi connectivity index (χ4v) is 3.68. The minimum atomic E-state index is -0.385. The molecule has 0 aliphatic heterocycles. The quantitative estimate of drug-likeness (QED) is 0.692. The van der Waals surface area contributed by atoms with Crippen LogP contribution in [0.25, 0.3) is 0 Å². The van der Waals surface area contributed by atoms with Crippen molar-refractivity contribution in [2.24, 2.45) is 0 Å². The van der Waals surface area contributed by atoms with E-state index in [1.54, 1.807) is 7.11 Å². The van der Waals surface area contributed by atoms with Gasteiger partial charge in [-0.05, 0) is 43.4 Å². The molecule has 0 unspecified atom stereocenters. The molecule has 1 aromatic carbocycles. The highest BCUT2D eigenvalue weighted by molar-refractivity contribution is 5.99. The maximum absolute atomic E-state index is 13.0. The summed E-state index contributed by atoms with van der Waals surface area (Å²) in [5, 5.41) is 15.2. The van der Waals surface area contributed by atoms with Gasteiger partial charge in [0.05, 0.1) is 18.8 Å². The zero-order valence-electron chi connectivity index (χ0n) is 17.0. The number of hydrogen-bond donors (Lipinski definition) is 3. The number of benzene rings is 1. The molecule has 2 aromatic rings. The smallest absolute Gasteiger partial charge is 0.286 e. The number of hydrogen-bond acceptors (Lipinski definition) is 5. The van der Waals surface area contributed by atoms with Gasteiger partial charge in [-0.15, -0.1) is 0 Å². The monoisotopic (exact) mass is 400 g/mol. The Morgan fingerprint density at radius 3 is 2.55 bits per heavy atom. The molecule has 0 bridgehead atoms. The predicted molar refractivity (Wildman–Crippen MR) is 108 cm³/mol. The summed E-state index contributed by atoms with van der Waals surface area (Å²) in [4.78, 5) is 25.1. The van der Waals surface area contributed by atoms with Crippen molar-refractivity contribution in [1.29, 1.82) is 0 Å². The number of rotatable bonds is 6. The van der Waals surface area contributed by atoms with Gasteiger partial charge in [0, 0.05) is 25.1 Å². The molecule has 29 heavy (non-hydrogen) atoms. The lowest BCUT2D eigenvalue weighted by Crippen LogP contribution is -2.38. The molecule has 156 valence electrons. The first-order valence-corrected chi connectivity index (χ1v) is 9.91. The molecule has 3 rings (SSSR count). The third-order valence-electron chi connectivity index (χ3n) is 5.48. The van der Waals surface area contributed by atoms with Crippen LogP contribution in [-0.2, 0) is 0 Å². The van der Waals surface area contributed by atoms with Crippen molar-refractivity contribution in [2.45, 2.75) is 50.7 Å². The summed E-state index contributed by atoms with van der Waals surface area (Å²) in [5.41, 5.74) is 1.27. The fourth-order valence-electron chi connectivity index (χ4n) is 3.68. The summed E-state index contributed by atoms with van der Waals surface area (Å²) in [6.45, 7) is 1.93. The van der Waals surface area contributed by atoms with Crippen LogP contribution in [0, 0.1) is 0 Å². The van der Waals surface area contributed by atoms with E-state index >= 15 is 0 Å². The summed E-state index contributed by atoms with van der Waals surface area (Å²) < 4.78 is 11.1. The second-order valence-corrected chi connectivity index (χ2v) is 7.44. The Morgan fingerprint density at radius 2 is 1.90 bits per heavy atom. The van der Waals surface area contributed by atoms with Crippen LogP contribution in [0.3, 0.4) is 0 Å². The van der Waals surface area contributed by atoms with Gasteiger partial charge in [-0.3, -0.25) is 9.59 Å². The van der Waals surface area contributed by atoms with Crippen molar-refractivity contribution < 1.29 is 23.8 Å². The molecule has 0 saturated heterocycles. The number of amides is 2. The van der Waals surface area contributed by atoms with Crippen molar-refractivity contribution in [3.63, 3.8) is 0 Å². The van der Waals surface area contributed by atoms with Crippen molar-refractivity contribution in [3.8, 4) is 5.75 Å². The second kappa shape index (κ2) is 9.13. The van der Waals surface area contributed by atoms with E-state index < -0.39 is 0 Å². The lowest BCUT2D eigenvalue weighted by atomic mass is 9.92. The molecule has 2 amide bonds. The lowest BCUT2D eigenvalue weighted by Gasteiger charge is -2.26. The molecule has 0 radical (unpaired) electrons. The van der Waals surface area contributed by atoms with E-state index in [2.05, 4.69) is 10.6 Å². The molecular formula is C22H28N2O5. The van der Waals surface area contributed by atoms with Gasteiger partial charge in [-0.25, -0.2) is 0 Å². The zero-order valence-corrected chi connectivity index (χ0v) is 17.0. The van der Waals surface area contributed by atoms with Gasteiger partial charge in [-0.1, -0.05) is 19.1 Å². The number of nitrogens with one attached hydrogen (secondary N) is 2. The van der Waals surface area contributed by atoms with E-state index in [1.807, 2.05) is 31.2 Å². The van der Waals surface area contributed by atoms with Gasteiger partial charge in [0.2, 0.25) is 0 Å². The summed E-state index contributed by atoms with van der Waals surface area (Å²) in [6, 6.07) is 9.04. The third-order valence-corrected chi connectivity index (χ3v) is 5.48. The Hall–Kier alpha value is -2.80. The molecule has 1 aromatic heterocycles. The first-order valence-electron chi connectivity index (χ1n) is 9.91. The van der Waals surface area contributed by atoms with E-state index in [1.165, 1.54) is 13.1 Å². The van der Waals surface area contributed by atoms with Gasteiger partial charge in [0.1, 0.15) is 11.5 Å². The van der Waals surface area contributed by atoms with Crippen molar-refractivity contribution in [3.05, 3.63) is 53.0 Å². The zero-order chi connectivity index (χ0) is 21.0. The van der Waals surface area contributed by atoms with Crippen LogP contribution in [0.4, 0.5) is 0 Å². The van der Waals surface area contributed by atoms with E-state index in [-0.39, 0.29) is 35.6 Å². The average Bonchev–Trinajstić information content (AvgIpc) is 3.20. The van der Waals surface area contributed by atoms with Crippen LogP contribution in [0.5, 0.6) is 5.75 Å². The van der Waals surface area contributed by atoms with Gasteiger partial charge < -0.3 is 24.9 Å². The predicted octanol–water partition coefficient (Wildman–Crippen LogP) is 2.83. The Bertz CT molecular complexity index is 868. The first kappa shape index (κ1) is 20.9. The lowest BCUT2D eigenvalue weighted by molar-refractivity contribution is 0.0864. The molecule has 1 aliphatic carbocycles. The van der Waals surface area contributed by atoms with E-state index in [0.29, 0.717) is 29.9 Å². The van der Waals surface area contributed by atoms with Crippen molar-refractivity contribution in [2.75, 3.05) is 14.2 Å². The number of aliphatic hydroxyl groups is 1. The fraction of sp³-hybridized carbons (Fsp3) is 0.455. The molecule has 0 spiro atoms. The number of carbonyl (C=O) groups excluding carboxylic acids is 2. The Kier molecular flexibility index (Phi) is 6.59. The maximum Gasteiger partial charge on any atom is 0.286 e. The summed E-state index contributed by atoms with van der Waals surface area (Å²) in [7, 11) is 3.11. The number of carbonyl (C=O) groups is 2. The minimum absolute atomic E-state index is 0.00391. The molecule has 1 saturated carbocycles. The molecule has 7 heteroatoms. The summed E-state index contributed by atoms with van der Waals surface area (Å²) >= 11 is 0. The third kappa shape index (κ3) is 4.79. The van der Waals surface area contributed by atoms with Gasteiger partial charge in [0.15, 0.2) is 5.76 Å². The average molecular weight is 400 g/mol. The highest BCUT2D eigenvalue weighted by Gasteiger charge is 2.28. The number of furan rings is 1. The first-order chi connectivity index (χ1) is 13.9. The number of aliphatic hydroxyl groups excluding tert-OH is 1. The highest BCUT2D eigenvalue weighted by Crippen LogP contribution is 2.32. The molecule has 1 aliphatic rings. The number of ether oxygens (including phenoxy) is 1. The van der Waals surface area contributed by atoms with Gasteiger partial charge in [0.25, 0.3) is 11.8 Å². The Balaban J connectivity index is 1.89. The van der Waals surface area contributed by atoms with Gasteiger partial charge in [-0.2, -0.15) is 0 Å². The summed E-state index contributed by atoms with van der Waals surface area (Å²) in [5.74, 6) is 0.335. The Morgan fingerprint density at radius 1 is 1.17 bits per heavy atom. The molecule has 1 heterocycles. The molecule has 1 fully saturated rings. The molecule has 3 N–H and O–H groups in total. The van der Waals surface area contributed by atoms with Gasteiger partial charge >= 0.3 is 0 Å². The standard InChI is InChI=1S/C22H28N2O5/c1-13(14-5-4-6-17(11-14)28-3)20-18(12-19(29-20)22(27)23-2)21(26)24-15-7-9-16(25)10-8-15/h4-6,11-13,15-16,25H,7-10H2,1-3H3,(H,23,27)(H,24,26)/t13-,15-,16-/m0/s1. The summed E-state index contributed by atoms with van der Waals surface area (Å²) in [6.07, 6.45) is 2.52. The SMILES string of the molecule is CNC(=O)c1cc(C(=O)N[C@H]2CC[C@H](O)CC2)c([C@@H](C)c2cccc(OC)c2)o1. The Labute approximate surface area is 170 Å². The topological polar surface area (TPSA) is 101 Å². The second-order valence-electron chi connectivity index (χ2n) is 7.44. The van der Waals surface area contributed by atoms with Crippen LogP contribution in [0.2, 0.25) is 0 Å². The largest absolute Gasteiger partial charge is 0.497 e. The highest BCUT2D eigenvalue weighted by atomic mass is 16.5. The van der Waals surface area contributed by atoms with Crippen molar-refractivity contribution >= 4 is 11.8 Å². The van der Waals surface area contributed by atoms with E-state index in [0.717, 1.165) is 18.4 Å². The molecule has 7 nitrogen and oxygen atoms in total. The van der Waals surface area contributed by atoms with Crippen LogP contribution >= 0.6 is 0 Å². The van der Waals surface area contributed by atoms with E-state index in [9.17, 15) is 14.7 Å². The van der Waals surface area contributed by atoms with Crippen LogP contribution in [0.15, 0.2) is 34.7 Å². The van der Waals surface area contributed by atoms with E-state index in [4.69, 9.17) is 9.15 Å². The molecule has 1 atom stereocenters.